The molecule has 2 rings (SSSR count). The number of aromatic nitrogens is 2. The van der Waals surface area contributed by atoms with E-state index < -0.39 is 37.1 Å². The molecule has 6 nitrogen and oxygen atoms in total. The largest absolute Gasteiger partial charge is 0.481 e. The number of hydrogen-bond acceptors (Lipinski definition) is 5. The number of halogens is 3. The van der Waals surface area contributed by atoms with Gasteiger partial charge in [0.15, 0.2) is 12.5 Å². The Hall–Kier alpha value is -2.37. The summed E-state index contributed by atoms with van der Waals surface area (Å²) in [7, 11) is 0. The number of alkyl halides is 3. The lowest BCUT2D eigenvalue weighted by molar-refractivity contribution is -0.150. The molecule has 0 amide bonds. The van der Waals surface area contributed by atoms with E-state index >= 15 is 0 Å². The van der Waals surface area contributed by atoms with Gasteiger partial charge < -0.3 is 10.0 Å². The van der Waals surface area contributed by atoms with Gasteiger partial charge in [-0.1, -0.05) is 0 Å². The van der Waals surface area contributed by atoms with Crippen LogP contribution in [0.2, 0.25) is 0 Å². The van der Waals surface area contributed by atoms with Gasteiger partial charge >= 0.3 is 5.97 Å². The third-order valence-corrected chi connectivity index (χ3v) is 2.95. The predicted octanol–water partition coefficient (Wildman–Crippen LogP) is 0.841. The van der Waals surface area contributed by atoms with Gasteiger partial charge in [0.05, 0.1) is 6.54 Å². The van der Waals surface area contributed by atoms with Gasteiger partial charge in [-0.2, -0.15) is 5.26 Å². The molecule has 1 aliphatic heterocycles. The van der Waals surface area contributed by atoms with E-state index in [1.54, 1.807) is 6.07 Å². The van der Waals surface area contributed by atoms with Crippen LogP contribution in [0.4, 0.5) is 19.1 Å². The molecule has 0 radical (unpaired) electrons. The molecule has 1 aromatic rings. The zero-order valence-corrected chi connectivity index (χ0v) is 9.95. The quantitative estimate of drug-likeness (QED) is 0.810. The third kappa shape index (κ3) is 2.36. The second-order valence-corrected chi connectivity index (χ2v) is 4.20. The molecule has 106 valence electrons. The molecule has 20 heavy (non-hydrogen) atoms. The molecule has 0 spiro atoms. The monoisotopic (exact) mass is 286 g/mol. The number of aliphatic carboxylic acids is 1. The molecule has 1 N–H and O–H groups in total. The van der Waals surface area contributed by atoms with E-state index in [-0.39, 0.29) is 11.6 Å². The lowest BCUT2D eigenvalue weighted by Crippen LogP contribution is -2.57. The van der Waals surface area contributed by atoms with Crippen LogP contribution in [0.15, 0.2) is 12.3 Å². The van der Waals surface area contributed by atoms with Gasteiger partial charge in [0.2, 0.25) is 5.95 Å². The highest BCUT2D eigenvalue weighted by molar-refractivity contribution is 5.72. The first-order chi connectivity index (χ1) is 9.45. The maximum absolute atomic E-state index is 14.1. The number of nitrogens with zero attached hydrogens (tertiary/aromatic N) is 4. The van der Waals surface area contributed by atoms with Gasteiger partial charge in [-0.25, -0.2) is 23.1 Å². The van der Waals surface area contributed by atoms with Crippen molar-refractivity contribution >= 4 is 11.9 Å². The summed E-state index contributed by atoms with van der Waals surface area (Å²) in [6.45, 7) is -0.721. The summed E-state index contributed by atoms with van der Waals surface area (Å²) in [5.41, 5.74) is -0.0909. The second-order valence-electron chi connectivity index (χ2n) is 4.20. The van der Waals surface area contributed by atoms with Crippen molar-refractivity contribution in [1.82, 2.24) is 9.97 Å². The number of piperidine rings is 1. The van der Waals surface area contributed by atoms with E-state index in [0.717, 1.165) is 6.20 Å². The summed E-state index contributed by atoms with van der Waals surface area (Å²) in [6, 6.07) is 2.94. The van der Waals surface area contributed by atoms with Crippen molar-refractivity contribution in [2.75, 3.05) is 11.4 Å². The Morgan fingerprint density at radius 2 is 2.20 bits per heavy atom. The molecular formula is C11H9F3N4O2. The molecule has 9 heteroatoms. The summed E-state index contributed by atoms with van der Waals surface area (Å²) < 4.78 is 41.1. The van der Waals surface area contributed by atoms with E-state index in [4.69, 9.17) is 10.4 Å². The van der Waals surface area contributed by atoms with Crippen LogP contribution < -0.4 is 4.90 Å². The minimum absolute atomic E-state index is 0.0909. The van der Waals surface area contributed by atoms with Crippen molar-refractivity contribution in [1.29, 1.82) is 5.26 Å². The number of rotatable bonds is 2. The third-order valence-electron chi connectivity index (χ3n) is 2.95. The fraction of sp³-hybridized carbons (Fsp3) is 0.455. The molecular weight excluding hydrogens is 277 g/mol. The lowest BCUT2D eigenvalue weighted by Gasteiger charge is -2.38. The number of nitriles is 1. The molecule has 2 heterocycles. The first kappa shape index (κ1) is 14.0. The fourth-order valence-corrected chi connectivity index (χ4v) is 1.95. The van der Waals surface area contributed by atoms with Crippen LogP contribution >= 0.6 is 0 Å². The Labute approximate surface area is 111 Å². The van der Waals surface area contributed by atoms with Gasteiger partial charge in [-0.05, 0) is 6.07 Å². The zero-order chi connectivity index (χ0) is 14.9. The van der Waals surface area contributed by atoms with Crippen molar-refractivity contribution < 1.29 is 23.1 Å². The number of carboxylic acid groups (broad SMARTS) is 1. The zero-order valence-electron chi connectivity index (χ0n) is 9.95. The lowest BCUT2D eigenvalue weighted by atomic mass is 9.93. The number of anilines is 1. The Morgan fingerprint density at radius 3 is 2.80 bits per heavy atom. The molecule has 0 saturated carbocycles. The highest BCUT2D eigenvalue weighted by Crippen LogP contribution is 2.31. The highest BCUT2D eigenvalue weighted by atomic mass is 19.2. The van der Waals surface area contributed by atoms with Gasteiger partial charge in [-0.3, -0.25) is 4.79 Å². The van der Waals surface area contributed by atoms with Crippen molar-refractivity contribution in [2.24, 2.45) is 5.92 Å². The minimum atomic E-state index is -2.45. The SMILES string of the molecule is N#Cc1ccnc(N2CC(F)C(F)C(C(=O)O)C2F)n1. The first-order valence-corrected chi connectivity index (χ1v) is 5.60. The van der Waals surface area contributed by atoms with Crippen molar-refractivity contribution in [2.45, 2.75) is 18.6 Å². The van der Waals surface area contributed by atoms with Crippen LogP contribution in [0, 0.1) is 17.2 Å². The number of carbonyl (C=O) groups is 1. The number of carboxylic acids is 1. The van der Waals surface area contributed by atoms with Crippen LogP contribution in [0.5, 0.6) is 0 Å². The Morgan fingerprint density at radius 1 is 1.50 bits per heavy atom. The van der Waals surface area contributed by atoms with E-state index in [2.05, 4.69) is 9.97 Å². The van der Waals surface area contributed by atoms with Crippen molar-refractivity contribution in [3.05, 3.63) is 18.0 Å². The van der Waals surface area contributed by atoms with Crippen LogP contribution in [0.25, 0.3) is 0 Å². The smallest absolute Gasteiger partial charge is 0.314 e. The van der Waals surface area contributed by atoms with E-state index in [1.807, 2.05) is 0 Å². The van der Waals surface area contributed by atoms with E-state index in [1.165, 1.54) is 6.07 Å². The fourth-order valence-electron chi connectivity index (χ4n) is 1.95. The average molecular weight is 286 g/mol. The Bertz CT molecular complexity index is 565. The molecule has 1 saturated heterocycles. The summed E-state index contributed by atoms with van der Waals surface area (Å²) >= 11 is 0. The van der Waals surface area contributed by atoms with Gasteiger partial charge in [0.1, 0.15) is 23.9 Å². The molecule has 0 aliphatic carbocycles. The van der Waals surface area contributed by atoms with Gasteiger partial charge in [-0.15, -0.1) is 0 Å². The van der Waals surface area contributed by atoms with Crippen LogP contribution in [0.3, 0.4) is 0 Å². The molecule has 1 aliphatic rings. The van der Waals surface area contributed by atoms with Crippen molar-refractivity contribution in [3.63, 3.8) is 0 Å². The summed E-state index contributed by atoms with van der Waals surface area (Å²) in [6.07, 6.45) is -5.79. The summed E-state index contributed by atoms with van der Waals surface area (Å²) in [4.78, 5) is 18.8. The van der Waals surface area contributed by atoms with Crippen molar-refractivity contribution in [3.8, 4) is 6.07 Å². The maximum Gasteiger partial charge on any atom is 0.314 e. The van der Waals surface area contributed by atoms with Crippen LogP contribution in [0.1, 0.15) is 5.69 Å². The predicted molar refractivity (Wildman–Crippen MR) is 59.9 cm³/mol. The average Bonchev–Trinajstić information content (AvgIpc) is 2.42. The van der Waals surface area contributed by atoms with Gasteiger partial charge in [0, 0.05) is 6.20 Å². The molecule has 4 atom stereocenters. The first-order valence-electron chi connectivity index (χ1n) is 5.60. The van der Waals surface area contributed by atoms with E-state index in [9.17, 15) is 18.0 Å². The summed E-state index contributed by atoms with van der Waals surface area (Å²) in [5, 5.41) is 17.5. The Kier molecular flexibility index (Phi) is 3.74. The highest BCUT2D eigenvalue weighted by Gasteiger charge is 2.49. The normalized spacial score (nSPS) is 29.8. The van der Waals surface area contributed by atoms with Gasteiger partial charge in [0.25, 0.3) is 0 Å². The second kappa shape index (κ2) is 5.32. The maximum atomic E-state index is 14.1. The molecule has 1 fully saturated rings. The standard InChI is InChI=1S/C11H9F3N4O2/c12-6-4-18(9(14)7(8(6)13)10(19)20)11-16-2-1-5(3-15)17-11/h1-2,6-9H,4H2,(H,19,20). The minimum Gasteiger partial charge on any atom is -0.481 e. The number of hydrogen-bond donors (Lipinski definition) is 1. The molecule has 0 bridgehead atoms. The van der Waals surface area contributed by atoms with Crippen LogP contribution in [-0.4, -0.2) is 46.2 Å². The molecule has 1 aromatic heterocycles. The molecule has 4 unspecified atom stereocenters. The summed E-state index contributed by atoms with van der Waals surface area (Å²) in [5.74, 6) is -4.31. The van der Waals surface area contributed by atoms with Crippen LogP contribution in [-0.2, 0) is 4.79 Å². The topological polar surface area (TPSA) is 90.1 Å². The van der Waals surface area contributed by atoms with E-state index in [0.29, 0.717) is 4.90 Å². The molecule has 0 aromatic carbocycles. The Balaban J connectivity index is 2.36.